The first-order chi connectivity index (χ1) is 6.62. The summed E-state index contributed by atoms with van der Waals surface area (Å²) < 4.78 is 49.1. The lowest BCUT2D eigenvalue weighted by atomic mass is 10.2. The Kier molecular flexibility index (Phi) is 3.54. The largest absolute Gasteiger partial charge is 0.417 e. The van der Waals surface area contributed by atoms with Crippen LogP contribution in [0.4, 0.5) is 13.2 Å². The van der Waals surface area contributed by atoms with Gasteiger partial charge in [-0.05, 0) is 18.2 Å². The van der Waals surface area contributed by atoms with Crippen LogP contribution in [0.3, 0.4) is 0 Å². The summed E-state index contributed by atoms with van der Waals surface area (Å²) in [6.45, 7) is 0. The van der Waals surface area contributed by atoms with Crippen LogP contribution in [-0.2, 0) is 15.3 Å². The number of hydrogen-bond acceptors (Lipinski definition) is 1. The van der Waals surface area contributed by atoms with Gasteiger partial charge in [0.05, 0.1) is 5.56 Å². The van der Waals surface area contributed by atoms with Crippen molar-refractivity contribution in [3.05, 3.63) is 28.2 Å². The zero-order chi connectivity index (χ0) is 11.9. The lowest BCUT2D eigenvalue weighted by molar-refractivity contribution is -0.139. The maximum absolute atomic E-state index is 12.5. The first kappa shape index (κ1) is 13.0. The van der Waals surface area contributed by atoms with E-state index in [-0.39, 0.29) is 4.47 Å². The molecule has 0 aromatic heterocycles. The van der Waals surface area contributed by atoms with E-state index in [1.807, 2.05) is 0 Å². The molecule has 0 heterocycles. The van der Waals surface area contributed by atoms with Crippen LogP contribution >= 0.6 is 27.6 Å². The lowest BCUT2D eigenvalue weighted by Gasteiger charge is -2.18. The average molecular weight is 322 g/mol. The van der Waals surface area contributed by atoms with Crippen LogP contribution < -0.4 is 5.14 Å². The smallest absolute Gasteiger partial charge is 0.263 e. The zero-order valence-corrected chi connectivity index (χ0v) is 10.5. The highest BCUT2D eigenvalue weighted by Gasteiger charge is 2.35. The van der Waals surface area contributed by atoms with Crippen LogP contribution in [0.5, 0.6) is 0 Å². The molecular weight excluding hydrogens is 315 g/mol. The second-order valence-corrected chi connectivity index (χ2v) is 7.21. The zero-order valence-electron chi connectivity index (χ0n) is 7.12. The number of thiol groups is 2. The second kappa shape index (κ2) is 4.08. The van der Waals surface area contributed by atoms with Gasteiger partial charge in [-0.2, -0.15) is 13.2 Å². The molecule has 0 fully saturated rings. The molecule has 0 amide bonds. The molecule has 1 rings (SSSR count). The van der Waals surface area contributed by atoms with E-state index in [1.165, 1.54) is 6.07 Å². The van der Waals surface area contributed by atoms with Crippen LogP contribution in [-0.4, -0.2) is 4.21 Å². The van der Waals surface area contributed by atoms with E-state index in [4.69, 9.17) is 5.14 Å². The molecule has 2 nitrogen and oxygen atoms in total. The highest BCUT2D eigenvalue weighted by atomic mass is 79.9. The fraction of sp³-hybridized carbons (Fsp3) is 0.143. The summed E-state index contributed by atoms with van der Waals surface area (Å²) in [5.74, 6) is 0. The highest BCUT2D eigenvalue weighted by Crippen LogP contribution is 2.37. The molecule has 0 aliphatic rings. The van der Waals surface area contributed by atoms with Crippen molar-refractivity contribution in [3.63, 3.8) is 0 Å². The number of halogens is 4. The third-order valence-electron chi connectivity index (χ3n) is 1.61. The van der Waals surface area contributed by atoms with Gasteiger partial charge in [0.25, 0.3) is 0 Å². The van der Waals surface area contributed by atoms with Crippen molar-refractivity contribution in [3.8, 4) is 0 Å². The topological polar surface area (TPSA) is 43.1 Å². The van der Waals surface area contributed by atoms with E-state index in [1.54, 1.807) is 0 Å². The maximum Gasteiger partial charge on any atom is 0.417 e. The van der Waals surface area contributed by atoms with Gasteiger partial charge >= 0.3 is 6.18 Å². The summed E-state index contributed by atoms with van der Waals surface area (Å²) in [6, 6.07) is 3.21. The quantitative estimate of drug-likeness (QED) is 0.540. The fourth-order valence-electron chi connectivity index (χ4n) is 1.01. The molecule has 0 spiro atoms. The summed E-state index contributed by atoms with van der Waals surface area (Å²) in [6.07, 6.45) is -4.60. The normalized spacial score (nSPS) is 14.0. The number of rotatable bonds is 1. The molecule has 0 bridgehead atoms. The minimum Gasteiger partial charge on any atom is -0.263 e. The summed E-state index contributed by atoms with van der Waals surface area (Å²) >= 11 is 6.40. The van der Waals surface area contributed by atoms with Gasteiger partial charge in [-0.25, -0.2) is 0 Å². The van der Waals surface area contributed by atoms with E-state index in [0.717, 1.165) is 12.1 Å². The Morgan fingerprint density at radius 3 is 2.33 bits per heavy atom. The molecule has 0 radical (unpaired) electrons. The molecule has 1 aromatic carbocycles. The number of alkyl halides is 3. The van der Waals surface area contributed by atoms with Gasteiger partial charge in [0, 0.05) is 18.5 Å². The van der Waals surface area contributed by atoms with Gasteiger partial charge in [-0.15, -0.1) is 0 Å². The predicted octanol–water partition coefficient (Wildman–Crippen LogP) is 2.56. The van der Waals surface area contributed by atoms with Gasteiger partial charge in [-0.3, -0.25) is 9.35 Å². The molecule has 0 aliphatic carbocycles. The third kappa shape index (κ3) is 3.20. The molecule has 0 saturated heterocycles. The minimum atomic E-state index is -4.60. The third-order valence-corrected chi connectivity index (χ3v) is 3.83. The van der Waals surface area contributed by atoms with Crippen LogP contribution in [0.1, 0.15) is 5.56 Å². The average Bonchev–Trinajstić information content (AvgIpc) is 2.00. The van der Waals surface area contributed by atoms with Crippen LogP contribution in [0.25, 0.3) is 0 Å². The molecule has 8 heteroatoms. The monoisotopic (exact) mass is 321 g/mol. The van der Waals surface area contributed by atoms with Crippen LogP contribution in [0.2, 0.25) is 0 Å². The Balaban J connectivity index is 3.48. The Hall–Kier alpha value is -0.0500. The second-order valence-electron chi connectivity index (χ2n) is 2.78. The van der Waals surface area contributed by atoms with Crippen molar-refractivity contribution in [1.29, 1.82) is 0 Å². The van der Waals surface area contributed by atoms with Crippen molar-refractivity contribution in [1.82, 2.24) is 0 Å². The van der Waals surface area contributed by atoms with Crippen molar-refractivity contribution >= 4 is 36.7 Å². The number of hydrogen-bond donors (Lipinski definition) is 3. The lowest BCUT2D eigenvalue weighted by Crippen LogP contribution is -2.20. The molecular formula is C7H7BrF3NOS2. The summed E-state index contributed by atoms with van der Waals surface area (Å²) in [5.41, 5.74) is -1.03. The van der Waals surface area contributed by atoms with Crippen molar-refractivity contribution in [2.75, 3.05) is 0 Å². The van der Waals surface area contributed by atoms with Crippen molar-refractivity contribution in [2.24, 2.45) is 5.14 Å². The highest BCUT2D eigenvalue weighted by molar-refractivity contribution is 9.10. The molecule has 0 saturated carbocycles. The molecule has 0 atom stereocenters. The van der Waals surface area contributed by atoms with E-state index in [9.17, 15) is 17.4 Å². The SMILES string of the molecule is N[SH](=O)(S)c1ccc(Br)cc1C(F)(F)F. The van der Waals surface area contributed by atoms with Crippen LogP contribution in [0, 0.1) is 0 Å². The van der Waals surface area contributed by atoms with Crippen LogP contribution in [0.15, 0.2) is 27.6 Å². The molecule has 0 unspecified atom stereocenters. The number of benzene rings is 1. The van der Waals surface area contributed by atoms with Gasteiger partial charge in [-0.1, -0.05) is 27.6 Å². The van der Waals surface area contributed by atoms with E-state index in [0.29, 0.717) is 0 Å². The summed E-state index contributed by atoms with van der Waals surface area (Å²) in [4.78, 5) is -0.485. The van der Waals surface area contributed by atoms with Gasteiger partial charge in [0.1, 0.15) is 0 Å². The number of nitrogens with two attached hydrogens (primary N) is 1. The van der Waals surface area contributed by atoms with Crippen molar-refractivity contribution < 1.29 is 17.4 Å². The molecule has 2 N–H and O–H groups in total. The van der Waals surface area contributed by atoms with E-state index < -0.39 is 25.8 Å². The van der Waals surface area contributed by atoms with E-state index >= 15 is 0 Å². The standard InChI is InChI=1S/C7H7BrF3NOS2/c8-4-1-2-6(15(12,13)14)5(3-4)7(9,10)11/h1-3,15H,(H3,12,13,14). The first-order valence-electron chi connectivity index (χ1n) is 3.61. The molecule has 15 heavy (non-hydrogen) atoms. The molecule has 1 aromatic rings. The Bertz CT molecular complexity index is 429. The molecule has 86 valence electrons. The Labute approximate surface area is 98.5 Å². The predicted molar refractivity (Wildman–Crippen MR) is 60.1 cm³/mol. The molecule has 0 aliphatic heterocycles. The van der Waals surface area contributed by atoms with Gasteiger partial charge < -0.3 is 0 Å². The minimum absolute atomic E-state index is 0.236. The summed E-state index contributed by atoms with van der Waals surface area (Å²) in [5, 5.41) is 5.11. The Morgan fingerprint density at radius 1 is 1.40 bits per heavy atom. The van der Waals surface area contributed by atoms with Gasteiger partial charge in [0.2, 0.25) is 0 Å². The maximum atomic E-state index is 12.5. The summed E-state index contributed by atoms with van der Waals surface area (Å²) in [7, 11) is -3.72. The van der Waals surface area contributed by atoms with Gasteiger partial charge in [0.15, 0.2) is 0 Å². The Morgan fingerprint density at radius 2 is 1.93 bits per heavy atom. The fourth-order valence-corrected chi connectivity index (χ4v) is 2.72. The first-order valence-corrected chi connectivity index (χ1v) is 7.33. The van der Waals surface area contributed by atoms with E-state index in [2.05, 4.69) is 27.6 Å². The van der Waals surface area contributed by atoms with Crippen molar-refractivity contribution in [2.45, 2.75) is 11.1 Å².